The third kappa shape index (κ3) is 3.56. The molecule has 0 amide bonds. The van der Waals surface area contributed by atoms with E-state index in [9.17, 15) is 9.59 Å². The fourth-order valence-corrected chi connectivity index (χ4v) is 10.9. The summed E-state index contributed by atoms with van der Waals surface area (Å²) in [5, 5.41) is 0. The Morgan fingerprint density at radius 1 is 0.946 bits per heavy atom. The Balaban J connectivity index is 1.47. The molecule has 37 heavy (non-hydrogen) atoms. The Kier molecular flexibility index (Phi) is 6.26. The van der Waals surface area contributed by atoms with Crippen molar-refractivity contribution in [2.75, 3.05) is 0 Å². The number of esters is 1. The van der Waals surface area contributed by atoms with Crippen LogP contribution in [0.1, 0.15) is 121 Å². The molecule has 1 unspecified atom stereocenters. The standard InChI is InChI=1S/C34H54O3/c1-20-18-33(9)25-11-13-32(8)27(30(5,6)22(3)15-24-16-29(36)37-23(24)4)12-14-31(32,7)26(25)17-28(35)34(33,10)19-21(20)2/h17,20-25,27H,11-16,18-19H2,1-10H3/t20-,21+,22+,23-,24-,25?,27+,31-,32+,33+,34-/m0/s1. The lowest BCUT2D eigenvalue weighted by atomic mass is 9.38. The molecule has 0 aromatic heterocycles. The number of ether oxygens (including phenoxy) is 1. The molecule has 1 aliphatic heterocycles. The second-order valence-corrected chi connectivity index (χ2v) is 16.1. The van der Waals surface area contributed by atoms with Gasteiger partial charge in [0.1, 0.15) is 6.10 Å². The van der Waals surface area contributed by atoms with Gasteiger partial charge in [0.2, 0.25) is 0 Å². The third-order valence-corrected chi connectivity index (χ3v) is 14.5. The van der Waals surface area contributed by atoms with Gasteiger partial charge in [0.05, 0.1) is 6.42 Å². The van der Waals surface area contributed by atoms with Crippen molar-refractivity contribution in [2.24, 2.45) is 62.6 Å². The van der Waals surface area contributed by atoms with E-state index >= 15 is 0 Å². The van der Waals surface area contributed by atoms with E-state index in [2.05, 4.69) is 75.3 Å². The SMILES string of the molecule is C[C@@H]1C[C@@]2(C)C(=O)C=C3C(CC[C@]4(C)[C@@H](C(C)(C)[C@H](C)C[C@H]5CC(=O)O[C@H]5C)CC[C@@]34C)[C@@]2(C)C[C@@H]1C. The summed E-state index contributed by atoms with van der Waals surface area (Å²) in [6, 6.07) is 0. The summed E-state index contributed by atoms with van der Waals surface area (Å²) < 4.78 is 5.50. The third-order valence-electron chi connectivity index (χ3n) is 14.5. The summed E-state index contributed by atoms with van der Waals surface area (Å²) in [5.41, 5.74) is 1.80. The van der Waals surface area contributed by atoms with Gasteiger partial charge in [-0.3, -0.25) is 9.59 Å². The molecular weight excluding hydrogens is 456 g/mol. The maximum Gasteiger partial charge on any atom is 0.306 e. The highest BCUT2D eigenvalue weighted by Crippen LogP contribution is 2.75. The number of fused-ring (bicyclic) bond motifs is 5. The number of allylic oxidation sites excluding steroid dienone is 2. The van der Waals surface area contributed by atoms with Crippen LogP contribution in [0.2, 0.25) is 0 Å². The van der Waals surface area contributed by atoms with Crippen molar-refractivity contribution in [3.8, 4) is 0 Å². The summed E-state index contributed by atoms with van der Waals surface area (Å²) in [6.45, 7) is 24.2. The minimum Gasteiger partial charge on any atom is -0.462 e. The smallest absolute Gasteiger partial charge is 0.306 e. The Morgan fingerprint density at radius 3 is 2.22 bits per heavy atom. The number of carbonyl (C=O) groups is 2. The Hall–Kier alpha value is -1.12. The lowest BCUT2D eigenvalue weighted by Gasteiger charge is -2.65. The predicted octanol–water partition coefficient (Wildman–Crippen LogP) is 8.41. The molecule has 4 fully saturated rings. The number of hydrogen-bond donors (Lipinski definition) is 0. The van der Waals surface area contributed by atoms with Crippen molar-refractivity contribution in [2.45, 2.75) is 127 Å². The molecule has 1 saturated heterocycles. The molecular formula is C34H54O3. The van der Waals surface area contributed by atoms with E-state index in [4.69, 9.17) is 4.74 Å². The first kappa shape index (κ1) is 27.4. The molecule has 11 atom stereocenters. The first-order valence-corrected chi connectivity index (χ1v) is 15.5. The first-order valence-electron chi connectivity index (χ1n) is 15.5. The molecule has 0 N–H and O–H groups in total. The van der Waals surface area contributed by atoms with Crippen LogP contribution in [0.15, 0.2) is 11.6 Å². The zero-order valence-electron chi connectivity index (χ0n) is 25.5. The zero-order valence-corrected chi connectivity index (χ0v) is 25.5. The highest BCUT2D eigenvalue weighted by atomic mass is 16.5. The van der Waals surface area contributed by atoms with Crippen molar-refractivity contribution < 1.29 is 14.3 Å². The van der Waals surface area contributed by atoms with E-state index in [1.54, 1.807) is 0 Å². The van der Waals surface area contributed by atoms with Gasteiger partial charge >= 0.3 is 5.97 Å². The first-order chi connectivity index (χ1) is 17.0. The van der Waals surface area contributed by atoms with Crippen molar-refractivity contribution in [3.63, 3.8) is 0 Å². The Labute approximate surface area is 227 Å². The van der Waals surface area contributed by atoms with Gasteiger partial charge in [-0.05, 0) is 109 Å². The molecule has 0 aromatic rings. The van der Waals surface area contributed by atoms with E-state index in [-0.39, 0.29) is 39.1 Å². The summed E-state index contributed by atoms with van der Waals surface area (Å²) in [7, 11) is 0. The molecule has 0 radical (unpaired) electrons. The van der Waals surface area contributed by atoms with Crippen LogP contribution in [0.4, 0.5) is 0 Å². The number of hydrogen-bond acceptors (Lipinski definition) is 3. The maximum atomic E-state index is 14.0. The molecule has 5 rings (SSSR count). The molecule has 3 nitrogen and oxygen atoms in total. The minimum atomic E-state index is -0.222. The normalized spacial score (nSPS) is 50.6. The van der Waals surface area contributed by atoms with E-state index in [0.29, 0.717) is 47.7 Å². The fourth-order valence-electron chi connectivity index (χ4n) is 10.9. The van der Waals surface area contributed by atoms with Gasteiger partial charge in [0.25, 0.3) is 0 Å². The molecule has 208 valence electrons. The lowest BCUT2D eigenvalue weighted by Crippen LogP contribution is -2.60. The van der Waals surface area contributed by atoms with Crippen molar-refractivity contribution >= 4 is 11.8 Å². The van der Waals surface area contributed by atoms with E-state index in [1.807, 2.05) is 0 Å². The number of cyclic esters (lactones) is 1. The molecule has 5 aliphatic rings. The minimum absolute atomic E-state index is 0.0259. The predicted molar refractivity (Wildman–Crippen MR) is 150 cm³/mol. The number of rotatable bonds is 4. The van der Waals surface area contributed by atoms with Crippen LogP contribution in [0.25, 0.3) is 0 Å². The summed E-state index contributed by atoms with van der Waals surface area (Å²) in [4.78, 5) is 25.9. The Bertz CT molecular complexity index is 1010. The van der Waals surface area contributed by atoms with Crippen molar-refractivity contribution in [1.82, 2.24) is 0 Å². The quantitative estimate of drug-likeness (QED) is 0.357. The molecule has 0 aromatic carbocycles. The lowest BCUT2D eigenvalue weighted by molar-refractivity contribution is -0.152. The number of ketones is 1. The van der Waals surface area contributed by atoms with Gasteiger partial charge < -0.3 is 4.74 Å². The summed E-state index contributed by atoms with van der Waals surface area (Å²) in [6.07, 6.45) is 11.0. The molecule has 0 bridgehead atoms. The van der Waals surface area contributed by atoms with E-state index < -0.39 is 0 Å². The summed E-state index contributed by atoms with van der Waals surface area (Å²) >= 11 is 0. The molecule has 3 saturated carbocycles. The van der Waals surface area contributed by atoms with Crippen LogP contribution in [0.3, 0.4) is 0 Å². The second kappa shape index (κ2) is 8.44. The monoisotopic (exact) mass is 510 g/mol. The molecule has 1 heterocycles. The van der Waals surface area contributed by atoms with Crippen LogP contribution in [0, 0.1) is 62.6 Å². The number of carbonyl (C=O) groups excluding carboxylic acids is 2. The summed E-state index contributed by atoms with van der Waals surface area (Å²) in [5.74, 6) is 3.68. The second-order valence-electron chi connectivity index (χ2n) is 16.1. The van der Waals surface area contributed by atoms with Gasteiger partial charge in [-0.1, -0.05) is 67.9 Å². The van der Waals surface area contributed by atoms with Crippen molar-refractivity contribution in [3.05, 3.63) is 11.6 Å². The van der Waals surface area contributed by atoms with E-state index in [1.165, 1.54) is 37.7 Å². The van der Waals surface area contributed by atoms with E-state index in [0.717, 1.165) is 12.8 Å². The molecule has 0 spiro atoms. The highest BCUT2D eigenvalue weighted by molar-refractivity contribution is 5.97. The fraction of sp³-hybridized carbons (Fsp3) is 0.882. The van der Waals surface area contributed by atoms with Crippen LogP contribution in [-0.4, -0.2) is 17.9 Å². The van der Waals surface area contributed by atoms with Gasteiger partial charge in [0.15, 0.2) is 5.78 Å². The van der Waals surface area contributed by atoms with Crippen LogP contribution in [-0.2, 0) is 14.3 Å². The van der Waals surface area contributed by atoms with Crippen molar-refractivity contribution in [1.29, 1.82) is 0 Å². The molecule has 4 aliphatic carbocycles. The Morgan fingerprint density at radius 2 is 1.59 bits per heavy atom. The van der Waals surface area contributed by atoms with Crippen LogP contribution >= 0.6 is 0 Å². The van der Waals surface area contributed by atoms with Crippen LogP contribution in [0.5, 0.6) is 0 Å². The van der Waals surface area contributed by atoms with Gasteiger partial charge in [0, 0.05) is 11.3 Å². The molecule has 3 heteroatoms. The topological polar surface area (TPSA) is 43.4 Å². The average molecular weight is 511 g/mol. The largest absolute Gasteiger partial charge is 0.462 e. The van der Waals surface area contributed by atoms with Gasteiger partial charge in [-0.2, -0.15) is 0 Å². The van der Waals surface area contributed by atoms with Gasteiger partial charge in [-0.25, -0.2) is 0 Å². The maximum absolute atomic E-state index is 14.0. The van der Waals surface area contributed by atoms with Gasteiger partial charge in [-0.15, -0.1) is 0 Å². The average Bonchev–Trinajstić information content (AvgIpc) is 3.26. The van der Waals surface area contributed by atoms with Crippen LogP contribution < -0.4 is 0 Å². The zero-order chi connectivity index (χ0) is 27.3. The highest BCUT2D eigenvalue weighted by Gasteiger charge is 2.68.